The molecule has 1 N–H and O–H groups in total. The number of carbonyl (C=O) groups is 1. The highest BCUT2D eigenvalue weighted by Crippen LogP contribution is 2.30. The van der Waals surface area contributed by atoms with Gasteiger partial charge in [-0.1, -0.05) is 48.5 Å². The van der Waals surface area contributed by atoms with Crippen molar-refractivity contribution >= 4 is 38.2 Å². The number of amides is 1. The van der Waals surface area contributed by atoms with Gasteiger partial charge in [0.15, 0.2) is 0 Å². The molecule has 6 heteroatoms. The van der Waals surface area contributed by atoms with Gasteiger partial charge in [0, 0.05) is 30.2 Å². The van der Waals surface area contributed by atoms with Crippen LogP contribution in [-0.4, -0.2) is 35.0 Å². The zero-order valence-corrected chi connectivity index (χ0v) is 19.7. The monoisotopic (exact) mass is 459 g/mol. The Bertz CT molecular complexity index is 1330. The number of piperidine rings is 1. The molecule has 1 fully saturated rings. The second-order valence-corrected chi connectivity index (χ2v) is 10.0. The number of hydrogen-bond donors (Lipinski definition) is 1. The number of benzene rings is 2. The van der Waals surface area contributed by atoms with E-state index in [4.69, 9.17) is 0 Å². The number of rotatable bonds is 6. The van der Waals surface area contributed by atoms with Gasteiger partial charge >= 0.3 is 0 Å². The fraction of sp³-hybridized carbons (Fsp3) is 0.333. The number of para-hydroxylation sites is 1. The Labute approximate surface area is 197 Å². The molecular weight excluding hydrogens is 430 g/mol. The SMILES string of the molecule is Cn1c(=O)c2cc(C(=O)NCCC3CCN(Cc4ccccc4)CC3)sc2c2ccccc21. The molecule has 1 aliphatic heterocycles. The summed E-state index contributed by atoms with van der Waals surface area (Å²) in [6, 6.07) is 20.3. The first-order chi connectivity index (χ1) is 16.1. The number of fused-ring (bicyclic) bond motifs is 3. The highest BCUT2D eigenvalue weighted by molar-refractivity contribution is 7.21. The number of nitrogens with zero attached hydrogens (tertiary/aromatic N) is 2. The standard InChI is InChI=1S/C27H29N3O2S/c1-29-23-10-6-5-9-21(23)25-22(27(29)32)17-24(33-25)26(31)28-14-11-19-12-15-30(16-13-19)18-20-7-3-2-4-8-20/h2-10,17,19H,11-16,18H2,1H3,(H,28,31). The number of nitrogens with one attached hydrogen (secondary N) is 1. The number of aromatic nitrogens is 1. The molecule has 0 saturated carbocycles. The highest BCUT2D eigenvalue weighted by Gasteiger charge is 2.20. The van der Waals surface area contributed by atoms with Crippen LogP contribution in [0, 0.1) is 5.92 Å². The third-order valence-corrected chi connectivity index (χ3v) is 7.96. The number of pyridine rings is 1. The molecule has 0 aliphatic carbocycles. The van der Waals surface area contributed by atoms with Crippen molar-refractivity contribution in [2.24, 2.45) is 13.0 Å². The molecule has 0 spiro atoms. The van der Waals surface area contributed by atoms with Crippen LogP contribution in [0.15, 0.2) is 65.5 Å². The number of thiophene rings is 1. The zero-order chi connectivity index (χ0) is 22.8. The van der Waals surface area contributed by atoms with E-state index in [9.17, 15) is 9.59 Å². The predicted molar refractivity (Wildman–Crippen MR) is 136 cm³/mol. The molecule has 5 rings (SSSR count). The lowest BCUT2D eigenvalue weighted by atomic mass is 9.93. The highest BCUT2D eigenvalue weighted by atomic mass is 32.1. The smallest absolute Gasteiger partial charge is 0.261 e. The average molecular weight is 460 g/mol. The van der Waals surface area contributed by atoms with Crippen molar-refractivity contribution in [3.63, 3.8) is 0 Å². The van der Waals surface area contributed by atoms with Gasteiger partial charge in [0.2, 0.25) is 0 Å². The predicted octanol–water partition coefficient (Wildman–Crippen LogP) is 4.79. The summed E-state index contributed by atoms with van der Waals surface area (Å²) >= 11 is 1.41. The molecule has 170 valence electrons. The fourth-order valence-electron chi connectivity index (χ4n) is 4.86. The Balaban J connectivity index is 1.17. The summed E-state index contributed by atoms with van der Waals surface area (Å²) in [4.78, 5) is 28.7. The molecule has 1 saturated heterocycles. The number of aryl methyl sites for hydroxylation is 1. The van der Waals surface area contributed by atoms with Crippen molar-refractivity contribution in [3.05, 3.63) is 81.5 Å². The molecule has 4 aromatic rings. The Hall–Kier alpha value is -2.96. The van der Waals surface area contributed by atoms with Crippen molar-refractivity contribution < 1.29 is 4.79 Å². The zero-order valence-electron chi connectivity index (χ0n) is 18.9. The topological polar surface area (TPSA) is 54.3 Å². The molecule has 5 nitrogen and oxygen atoms in total. The maximum Gasteiger partial charge on any atom is 0.261 e. The lowest BCUT2D eigenvalue weighted by molar-refractivity contribution is 0.0952. The molecule has 0 atom stereocenters. The minimum absolute atomic E-state index is 0.0544. The third kappa shape index (κ3) is 4.59. The van der Waals surface area contributed by atoms with Crippen LogP contribution >= 0.6 is 11.3 Å². The van der Waals surface area contributed by atoms with Crippen LogP contribution in [0.3, 0.4) is 0 Å². The van der Waals surface area contributed by atoms with Crippen LogP contribution in [-0.2, 0) is 13.6 Å². The summed E-state index contributed by atoms with van der Waals surface area (Å²) in [5.74, 6) is 0.569. The average Bonchev–Trinajstić information content (AvgIpc) is 3.30. The van der Waals surface area contributed by atoms with E-state index in [-0.39, 0.29) is 11.5 Å². The first-order valence-electron chi connectivity index (χ1n) is 11.7. The van der Waals surface area contributed by atoms with Gasteiger partial charge in [-0.2, -0.15) is 0 Å². The van der Waals surface area contributed by atoms with Gasteiger partial charge in [0.1, 0.15) is 0 Å². The Kier molecular flexibility index (Phi) is 6.29. The van der Waals surface area contributed by atoms with Gasteiger partial charge in [-0.25, -0.2) is 0 Å². The van der Waals surface area contributed by atoms with Crippen LogP contribution in [0.5, 0.6) is 0 Å². The van der Waals surface area contributed by atoms with Crippen LogP contribution in [0.1, 0.15) is 34.5 Å². The molecular formula is C27H29N3O2S. The normalized spacial score (nSPS) is 15.3. The minimum Gasteiger partial charge on any atom is -0.351 e. The second-order valence-electron chi connectivity index (χ2n) is 8.98. The first-order valence-corrected chi connectivity index (χ1v) is 12.5. The van der Waals surface area contributed by atoms with Gasteiger partial charge in [0.05, 0.1) is 15.8 Å². The maximum absolute atomic E-state index is 12.8. The van der Waals surface area contributed by atoms with Gasteiger partial charge < -0.3 is 9.88 Å². The third-order valence-electron chi connectivity index (χ3n) is 6.80. The van der Waals surface area contributed by atoms with Crippen molar-refractivity contribution in [2.45, 2.75) is 25.8 Å². The van der Waals surface area contributed by atoms with E-state index in [1.807, 2.05) is 24.3 Å². The van der Waals surface area contributed by atoms with Gasteiger partial charge in [-0.15, -0.1) is 11.3 Å². The van der Waals surface area contributed by atoms with E-state index in [0.717, 1.165) is 41.7 Å². The summed E-state index contributed by atoms with van der Waals surface area (Å²) in [6.07, 6.45) is 3.35. The summed E-state index contributed by atoms with van der Waals surface area (Å²) in [6.45, 7) is 3.92. The molecule has 0 unspecified atom stereocenters. The Morgan fingerprint density at radius 3 is 2.55 bits per heavy atom. The van der Waals surface area contributed by atoms with E-state index >= 15 is 0 Å². The number of likely N-dealkylation sites (tertiary alicyclic amines) is 1. The maximum atomic E-state index is 12.8. The van der Waals surface area contributed by atoms with Crippen molar-refractivity contribution in [1.29, 1.82) is 0 Å². The molecule has 2 aromatic heterocycles. The van der Waals surface area contributed by atoms with E-state index in [1.165, 1.54) is 29.7 Å². The van der Waals surface area contributed by atoms with Crippen LogP contribution in [0.25, 0.3) is 21.0 Å². The fourth-order valence-corrected chi connectivity index (χ4v) is 5.96. The largest absolute Gasteiger partial charge is 0.351 e. The Morgan fingerprint density at radius 2 is 1.76 bits per heavy atom. The van der Waals surface area contributed by atoms with Crippen LogP contribution < -0.4 is 10.9 Å². The van der Waals surface area contributed by atoms with Crippen LogP contribution in [0.4, 0.5) is 0 Å². The molecule has 0 bridgehead atoms. The molecule has 0 radical (unpaired) electrons. The van der Waals surface area contributed by atoms with E-state index in [0.29, 0.717) is 22.7 Å². The number of hydrogen-bond acceptors (Lipinski definition) is 4. The second kappa shape index (κ2) is 9.49. The minimum atomic E-state index is -0.0798. The summed E-state index contributed by atoms with van der Waals surface area (Å²) < 4.78 is 2.56. The molecule has 1 amide bonds. The first kappa shape index (κ1) is 21.9. The van der Waals surface area contributed by atoms with Crippen molar-refractivity contribution in [1.82, 2.24) is 14.8 Å². The van der Waals surface area contributed by atoms with E-state index in [2.05, 4.69) is 40.5 Å². The lowest BCUT2D eigenvalue weighted by Gasteiger charge is -2.32. The van der Waals surface area contributed by atoms with Crippen molar-refractivity contribution in [3.8, 4) is 0 Å². The quantitative estimate of drug-likeness (QED) is 0.451. The molecule has 33 heavy (non-hydrogen) atoms. The molecule has 2 aromatic carbocycles. The van der Waals surface area contributed by atoms with Gasteiger partial charge in [-0.05, 0) is 56.0 Å². The van der Waals surface area contributed by atoms with Crippen LogP contribution in [0.2, 0.25) is 0 Å². The van der Waals surface area contributed by atoms with Crippen molar-refractivity contribution in [2.75, 3.05) is 19.6 Å². The Morgan fingerprint density at radius 1 is 1.03 bits per heavy atom. The summed E-state index contributed by atoms with van der Waals surface area (Å²) in [5, 5.41) is 4.73. The number of carbonyl (C=O) groups excluding carboxylic acids is 1. The van der Waals surface area contributed by atoms with Gasteiger partial charge in [-0.3, -0.25) is 14.5 Å². The van der Waals surface area contributed by atoms with E-state index < -0.39 is 0 Å². The lowest BCUT2D eigenvalue weighted by Crippen LogP contribution is -2.34. The van der Waals surface area contributed by atoms with Gasteiger partial charge in [0.25, 0.3) is 11.5 Å². The molecule has 3 heterocycles. The van der Waals surface area contributed by atoms with E-state index in [1.54, 1.807) is 17.7 Å². The molecule has 1 aliphatic rings. The summed E-state index contributed by atoms with van der Waals surface area (Å²) in [7, 11) is 1.78. The summed E-state index contributed by atoms with van der Waals surface area (Å²) in [5.41, 5.74) is 2.21.